The van der Waals surface area contributed by atoms with Gasteiger partial charge in [-0.2, -0.15) is 5.90 Å². The first-order chi connectivity index (χ1) is 9.51. The number of carbonyl (C=O) groups is 1. The van der Waals surface area contributed by atoms with Crippen molar-refractivity contribution in [2.24, 2.45) is 10.9 Å². The van der Waals surface area contributed by atoms with Gasteiger partial charge in [0.05, 0.1) is 5.69 Å². The molecule has 0 bridgehead atoms. The van der Waals surface area contributed by atoms with Gasteiger partial charge in [-0.05, 0) is 30.5 Å². The lowest BCUT2D eigenvalue weighted by Gasteiger charge is -2.09. The van der Waals surface area contributed by atoms with Crippen molar-refractivity contribution in [3.8, 4) is 0 Å². The number of nitrogens with two attached hydrogens (primary N) is 2. The third kappa shape index (κ3) is 3.79. The molecule has 1 aliphatic carbocycles. The number of hydrogen-bond acceptors (Lipinski definition) is 5. The van der Waals surface area contributed by atoms with Crippen LogP contribution in [0.3, 0.4) is 0 Å². The molecule has 5 N–H and O–H groups in total. The number of amides is 1. The van der Waals surface area contributed by atoms with Crippen molar-refractivity contribution in [3.63, 3.8) is 0 Å². The third-order valence-electron chi connectivity index (χ3n) is 2.74. The van der Waals surface area contributed by atoms with Crippen molar-refractivity contribution >= 4 is 40.1 Å². The topological polar surface area (TPSA) is 103 Å². The molecule has 0 spiro atoms. The van der Waals surface area contributed by atoms with Crippen molar-refractivity contribution in [1.29, 1.82) is 0 Å². The maximum atomic E-state index is 13.1. The first-order valence-electron chi connectivity index (χ1n) is 5.95. The molecule has 1 unspecified atom stereocenters. The van der Waals surface area contributed by atoms with Crippen LogP contribution in [0.1, 0.15) is 22.5 Å². The van der Waals surface area contributed by atoms with Gasteiger partial charge < -0.3 is 15.9 Å². The molecule has 108 valence electrons. The number of nitrogen functional groups attached to an aromatic ring is 1. The molecule has 1 fully saturated rings. The van der Waals surface area contributed by atoms with E-state index in [1.165, 1.54) is 12.1 Å². The summed E-state index contributed by atoms with van der Waals surface area (Å²) in [6.07, 6.45) is 1.90. The van der Waals surface area contributed by atoms with E-state index in [4.69, 9.17) is 11.6 Å². The molecule has 8 heteroatoms. The minimum Gasteiger partial charge on any atom is -0.396 e. The fraction of sp³-hybridized carbons (Fsp3) is 0.333. The molecular weight excluding hydrogens is 378 g/mol. The molecule has 0 heterocycles. The van der Waals surface area contributed by atoms with Crippen LogP contribution in [0.2, 0.25) is 0 Å². The van der Waals surface area contributed by atoms with Crippen LogP contribution in [-0.4, -0.2) is 17.8 Å². The molecule has 0 aliphatic heterocycles. The average molecular weight is 392 g/mol. The Morgan fingerprint density at radius 1 is 1.55 bits per heavy atom. The second-order valence-electron chi connectivity index (χ2n) is 4.42. The summed E-state index contributed by atoms with van der Waals surface area (Å²) >= 11 is 1.98. The minimum atomic E-state index is -0.497. The zero-order chi connectivity index (χ0) is 14.7. The summed E-state index contributed by atoms with van der Waals surface area (Å²) in [4.78, 5) is 20.4. The summed E-state index contributed by atoms with van der Waals surface area (Å²) in [6, 6.07) is 4.43. The van der Waals surface area contributed by atoms with Gasteiger partial charge in [0.2, 0.25) is 0 Å². The molecular formula is C12H14FIN4O2. The van der Waals surface area contributed by atoms with E-state index in [0.717, 1.165) is 12.8 Å². The normalized spacial score (nSPS) is 16.6. The third-order valence-corrected chi connectivity index (χ3v) is 3.74. The molecule has 0 saturated heterocycles. The maximum absolute atomic E-state index is 13.1. The predicted molar refractivity (Wildman–Crippen MR) is 81.4 cm³/mol. The van der Waals surface area contributed by atoms with Crippen molar-refractivity contribution in [2.45, 2.75) is 22.9 Å². The SMILES string of the molecule is NO/C(=N\C(I)c1ccc(F)c(N)c1)C(=O)NC1CC1. The van der Waals surface area contributed by atoms with Gasteiger partial charge >= 0.3 is 5.91 Å². The standard InChI is InChI=1S/C12H14FIN4O2/c13-8-4-1-6(5-9(8)15)10(14)18-12(20-16)11(19)17-7-2-3-7/h1,4-5,7,10H,2-3,15-16H2,(H,17,19)/b18-12-. The van der Waals surface area contributed by atoms with E-state index in [0.29, 0.717) is 5.56 Å². The Labute approximate surface area is 128 Å². The minimum absolute atomic E-state index is 0.0250. The van der Waals surface area contributed by atoms with Gasteiger partial charge in [-0.15, -0.1) is 0 Å². The number of nitrogens with zero attached hydrogens (tertiary/aromatic N) is 1. The highest BCUT2D eigenvalue weighted by molar-refractivity contribution is 14.1. The number of benzene rings is 1. The number of halogens is 2. The Hall–Kier alpha value is -1.42. The van der Waals surface area contributed by atoms with Crippen LogP contribution in [0.15, 0.2) is 23.2 Å². The average Bonchev–Trinajstić information content (AvgIpc) is 3.22. The summed E-state index contributed by atoms with van der Waals surface area (Å²) < 4.78 is 12.6. The molecule has 1 aromatic rings. The Kier molecular flexibility index (Phi) is 4.76. The zero-order valence-corrected chi connectivity index (χ0v) is 12.6. The number of anilines is 1. The molecule has 1 saturated carbocycles. The van der Waals surface area contributed by atoms with Crippen molar-refractivity contribution in [2.75, 3.05) is 5.73 Å². The monoisotopic (exact) mass is 392 g/mol. The highest BCUT2D eigenvalue weighted by atomic mass is 127. The van der Waals surface area contributed by atoms with Gasteiger partial charge in [0.15, 0.2) is 0 Å². The fourth-order valence-corrected chi connectivity index (χ4v) is 2.15. The van der Waals surface area contributed by atoms with Gasteiger partial charge in [-0.1, -0.05) is 28.7 Å². The van der Waals surface area contributed by atoms with Crippen LogP contribution in [0.25, 0.3) is 0 Å². The maximum Gasteiger partial charge on any atom is 0.308 e. The molecule has 0 aromatic heterocycles. The summed E-state index contributed by atoms with van der Waals surface area (Å²) in [6.45, 7) is 0. The van der Waals surface area contributed by atoms with Gasteiger partial charge in [0.25, 0.3) is 5.90 Å². The van der Waals surface area contributed by atoms with E-state index in [2.05, 4.69) is 15.1 Å². The molecule has 6 nitrogen and oxygen atoms in total. The number of nitrogens with one attached hydrogen (secondary N) is 1. The second-order valence-corrected chi connectivity index (χ2v) is 5.60. The summed E-state index contributed by atoms with van der Waals surface area (Å²) in [5, 5.41) is 2.72. The van der Waals surface area contributed by atoms with Gasteiger partial charge in [-0.25, -0.2) is 9.38 Å². The molecule has 1 amide bonds. The largest absolute Gasteiger partial charge is 0.396 e. The Balaban J connectivity index is 2.12. The highest BCUT2D eigenvalue weighted by Gasteiger charge is 2.26. The molecule has 1 aromatic carbocycles. The Morgan fingerprint density at radius 3 is 2.80 bits per heavy atom. The van der Waals surface area contributed by atoms with E-state index in [1.807, 2.05) is 22.6 Å². The van der Waals surface area contributed by atoms with Crippen molar-refractivity contribution in [3.05, 3.63) is 29.6 Å². The van der Waals surface area contributed by atoms with Crippen molar-refractivity contribution < 1.29 is 14.0 Å². The summed E-state index contributed by atoms with van der Waals surface area (Å²) in [5.41, 5.74) is 6.17. The lowest BCUT2D eigenvalue weighted by molar-refractivity contribution is -0.116. The molecule has 20 heavy (non-hydrogen) atoms. The van der Waals surface area contributed by atoms with Crippen LogP contribution in [-0.2, 0) is 9.63 Å². The van der Waals surface area contributed by atoms with Crippen LogP contribution in [0, 0.1) is 5.82 Å². The number of hydrogen-bond donors (Lipinski definition) is 3. The lowest BCUT2D eigenvalue weighted by atomic mass is 10.2. The number of rotatable bonds is 3. The molecule has 1 aliphatic rings. The van der Waals surface area contributed by atoms with E-state index < -0.39 is 15.8 Å². The second kappa shape index (κ2) is 6.35. The molecule has 1 atom stereocenters. The first kappa shape index (κ1) is 15.0. The Morgan fingerprint density at radius 2 is 2.25 bits per heavy atom. The molecule has 0 radical (unpaired) electrons. The lowest BCUT2D eigenvalue weighted by Crippen LogP contribution is -2.35. The first-order valence-corrected chi connectivity index (χ1v) is 7.20. The van der Waals surface area contributed by atoms with E-state index >= 15 is 0 Å². The van der Waals surface area contributed by atoms with Gasteiger partial charge in [0.1, 0.15) is 9.87 Å². The quantitative estimate of drug-likeness (QED) is 0.138. The van der Waals surface area contributed by atoms with Crippen molar-refractivity contribution in [1.82, 2.24) is 5.32 Å². The zero-order valence-electron chi connectivity index (χ0n) is 10.5. The predicted octanol–water partition coefficient (Wildman–Crippen LogP) is 1.41. The van der Waals surface area contributed by atoms with E-state index in [-0.39, 0.29) is 17.6 Å². The van der Waals surface area contributed by atoms with Crippen LogP contribution < -0.4 is 16.9 Å². The number of alkyl halides is 1. The van der Waals surface area contributed by atoms with Crippen LogP contribution in [0.5, 0.6) is 0 Å². The van der Waals surface area contributed by atoms with E-state index in [1.54, 1.807) is 6.07 Å². The van der Waals surface area contributed by atoms with E-state index in [9.17, 15) is 9.18 Å². The van der Waals surface area contributed by atoms with Crippen LogP contribution in [0.4, 0.5) is 10.1 Å². The highest BCUT2D eigenvalue weighted by Crippen LogP contribution is 2.27. The smallest absolute Gasteiger partial charge is 0.308 e. The fourth-order valence-electron chi connectivity index (χ4n) is 1.51. The number of aliphatic imine (C=N–C) groups is 1. The summed E-state index contributed by atoms with van der Waals surface area (Å²) in [7, 11) is 0. The Bertz CT molecular complexity index is 548. The van der Waals surface area contributed by atoms with Gasteiger partial charge in [0, 0.05) is 6.04 Å². The van der Waals surface area contributed by atoms with Crippen LogP contribution >= 0.6 is 22.6 Å². The number of carbonyl (C=O) groups excluding carboxylic acids is 1. The molecule has 2 rings (SSSR count). The summed E-state index contributed by atoms with van der Waals surface area (Å²) in [5.74, 6) is 3.91. The van der Waals surface area contributed by atoms with Gasteiger partial charge in [-0.3, -0.25) is 4.79 Å².